The van der Waals surface area contributed by atoms with E-state index in [0.29, 0.717) is 12.5 Å². The molecule has 136 valence electrons. The second kappa shape index (κ2) is 7.62. The molecule has 1 aromatic heterocycles. The number of aromatic nitrogens is 2. The molecule has 0 saturated carbocycles. The van der Waals surface area contributed by atoms with Gasteiger partial charge in [-0.3, -0.25) is 4.79 Å². The molecule has 0 bridgehead atoms. The zero-order valence-corrected chi connectivity index (χ0v) is 13.7. The van der Waals surface area contributed by atoms with Crippen LogP contribution in [0, 0.1) is 11.7 Å². The molecule has 0 aliphatic rings. The van der Waals surface area contributed by atoms with Crippen LogP contribution in [-0.4, -0.2) is 22.6 Å². The molecule has 0 fully saturated rings. The van der Waals surface area contributed by atoms with Gasteiger partial charge in [0.15, 0.2) is 0 Å². The molecule has 1 N–H and O–H groups in total. The van der Waals surface area contributed by atoms with Crippen molar-refractivity contribution in [1.82, 2.24) is 15.5 Å². The molecule has 1 heterocycles. The minimum absolute atomic E-state index is 0.0201. The summed E-state index contributed by atoms with van der Waals surface area (Å²) in [5, 5.41) is 5.82. The molecule has 2 aromatic rings. The predicted molar refractivity (Wildman–Crippen MR) is 81.1 cm³/mol. The Labute approximate surface area is 141 Å². The maximum absolute atomic E-state index is 14.1. The third-order valence-corrected chi connectivity index (χ3v) is 3.85. The van der Waals surface area contributed by atoms with Crippen molar-refractivity contribution in [2.75, 3.05) is 6.54 Å². The molecular formula is C16H17F4N3O2. The van der Waals surface area contributed by atoms with Crippen molar-refractivity contribution in [1.29, 1.82) is 0 Å². The van der Waals surface area contributed by atoms with Crippen LogP contribution in [0.25, 0.3) is 11.4 Å². The van der Waals surface area contributed by atoms with Gasteiger partial charge in [0, 0.05) is 12.1 Å². The molecule has 5 nitrogen and oxygen atoms in total. The van der Waals surface area contributed by atoms with Gasteiger partial charge in [0.1, 0.15) is 5.82 Å². The second-order valence-corrected chi connectivity index (χ2v) is 5.51. The summed E-state index contributed by atoms with van der Waals surface area (Å²) in [5.74, 6) is -3.09. The predicted octanol–water partition coefficient (Wildman–Crippen LogP) is 4.06. The largest absolute Gasteiger partial charge is 0.471 e. The van der Waals surface area contributed by atoms with Gasteiger partial charge in [0.2, 0.25) is 5.82 Å². The maximum Gasteiger partial charge on any atom is 0.471 e. The van der Waals surface area contributed by atoms with E-state index >= 15 is 0 Å². The summed E-state index contributed by atoms with van der Waals surface area (Å²) in [6.45, 7) is 4.42. The Morgan fingerprint density at radius 2 is 1.96 bits per heavy atom. The fourth-order valence-electron chi connectivity index (χ4n) is 2.20. The summed E-state index contributed by atoms with van der Waals surface area (Å²) < 4.78 is 55.6. The summed E-state index contributed by atoms with van der Waals surface area (Å²) in [6.07, 6.45) is -3.01. The third-order valence-electron chi connectivity index (χ3n) is 3.85. The zero-order valence-electron chi connectivity index (χ0n) is 13.7. The first kappa shape index (κ1) is 18.9. The topological polar surface area (TPSA) is 68.0 Å². The number of nitrogens with one attached hydrogen (secondary N) is 1. The van der Waals surface area contributed by atoms with Crippen molar-refractivity contribution in [2.45, 2.75) is 32.9 Å². The van der Waals surface area contributed by atoms with Crippen molar-refractivity contribution >= 4 is 5.91 Å². The number of hydrogen-bond acceptors (Lipinski definition) is 4. The Morgan fingerprint density at radius 3 is 2.48 bits per heavy atom. The van der Waals surface area contributed by atoms with E-state index in [2.05, 4.69) is 20.0 Å². The number of carbonyl (C=O) groups is 1. The standard InChI is InChI=1S/C16H17F4N3O2/c1-3-9(4-2)8-21-14(24)11-6-5-10(7-12(11)17)13-22-15(25-23-13)16(18,19)20/h5-7,9H,3-4,8H2,1-2H3,(H,21,24). The van der Waals surface area contributed by atoms with E-state index in [1.807, 2.05) is 13.8 Å². The van der Waals surface area contributed by atoms with Gasteiger partial charge >= 0.3 is 12.1 Å². The molecule has 2 rings (SSSR count). The van der Waals surface area contributed by atoms with Crippen LogP contribution in [0.3, 0.4) is 0 Å². The molecular weight excluding hydrogens is 342 g/mol. The van der Waals surface area contributed by atoms with Crippen molar-refractivity contribution in [3.05, 3.63) is 35.5 Å². The summed E-state index contributed by atoms with van der Waals surface area (Å²) in [6, 6.07) is 3.34. The van der Waals surface area contributed by atoms with Gasteiger partial charge < -0.3 is 9.84 Å². The molecule has 0 atom stereocenters. The Balaban J connectivity index is 2.15. The number of hydrogen-bond donors (Lipinski definition) is 1. The molecule has 1 aromatic carbocycles. The lowest BCUT2D eigenvalue weighted by molar-refractivity contribution is -0.159. The van der Waals surface area contributed by atoms with Crippen LogP contribution in [0.15, 0.2) is 22.7 Å². The smallest absolute Gasteiger partial charge is 0.352 e. The molecule has 0 aliphatic carbocycles. The Morgan fingerprint density at radius 1 is 1.28 bits per heavy atom. The van der Waals surface area contributed by atoms with Crippen molar-refractivity contribution < 1.29 is 26.9 Å². The van der Waals surface area contributed by atoms with Gasteiger partial charge in [-0.2, -0.15) is 18.2 Å². The number of halogens is 4. The first-order valence-corrected chi connectivity index (χ1v) is 7.75. The minimum Gasteiger partial charge on any atom is -0.352 e. The average molecular weight is 359 g/mol. The maximum atomic E-state index is 14.1. The number of rotatable bonds is 6. The summed E-state index contributed by atoms with van der Waals surface area (Å²) in [7, 11) is 0. The SMILES string of the molecule is CCC(CC)CNC(=O)c1ccc(-c2noc(C(F)(F)F)n2)cc1F. The molecule has 0 radical (unpaired) electrons. The number of carbonyl (C=O) groups excluding carboxylic acids is 1. The van der Waals surface area contributed by atoms with Crippen molar-refractivity contribution in [3.63, 3.8) is 0 Å². The average Bonchev–Trinajstić information content (AvgIpc) is 3.05. The lowest BCUT2D eigenvalue weighted by Crippen LogP contribution is -2.29. The second-order valence-electron chi connectivity index (χ2n) is 5.51. The first-order chi connectivity index (χ1) is 11.8. The minimum atomic E-state index is -4.78. The lowest BCUT2D eigenvalue weighted by atomic mass is 10.0. The van der Waals surface area contributed by atoms with Gasteiger partial charge in [-0.1, -0.05) is 37.9 Å². The van der Waals surface area contributed by atoms with Crippen molar-refractivity contribution in [3.8, 4) is 11.4 Å². The monoisotopic (exact) mass is 359 g/mol. The van der Waals surface area contributed by atoms with E-state index in [1.54, 1.807) is 0 Å². The van der Waals surface area contributed by atoms with Gasteiger partial charge in [0.25, 0.3) is 5.91 Å². The fourth-order valence-corrected chi connectivity index (χ4v) is 2.20. The first-order valence-electron chi connectivity index (χ1n) is 7.75. The molecule has 1 amide bonds. The lowest BCUT2D eigenvalue weighted by Gasteiger charge is -2.13. The summed E-state index contributed by atoms with van der Waals surface area (Å²) in [5.41, 5.74) is -0.220. The molecule has 0 unspecified atom stereocenters. The van der Waals surface area contributed by atoms with Crippen LogP contribution >= 0.6 is 0 Å². The Bertz CT molecular complexity index is 739. The van der Waals surface area contributed by atoms with Crippen LogP contribution in [-0.2, 0) is 6.18 Å². The van der Waals surface area contributed by atoms with Gasteiger partial charge in [-0.25, -0.2) is 4.39 Å². The zero-order chi connectivity index (χ0) is 18.6. The van der Waals surface area contributed by atoms with Crippen molar-refractivity contribution in [2.24, 2.45) is 5.92 Å². The number of alkyl halides is 3. The molecule has 0 aliphatic heterocycles. The molecule has 25 heavy (non-hydrogen) atoms. The van der Waals surface area contributed by atoms with Gasteiger partial charge in [0.05, 0.1) is 5.56 Å². The van der Waals surface area contributed by atoms with Gasteiger partial charge in [-0.05, 0) is 18.1 Å². The molecule has 0 saturated heterocycles. The highest BCUT2D eigenvalue weighted by atomic mass is 19.4. The third kappa shape index (κ3) is 4.55. The van der Waals surface area contributed by atoms with E-state index in [9.17, 15) is 22.4 Å². The van der Waals surface area contributed by atoms with E-state index in [4.69, 9.17) is 0 Å². The van der Waals surface area contributed by atoms with E-state index < -0.39 is 29.6 Å². The Kier molecular flexibility index (Phi) is 5.76. The van der Waals surface area contributed by atoms with E-state index in [1.165, 1.54) is 12.1 Å². The van der Waals surface area contributed by atoms with Crippen LogP contribution in [0.5, 0.6) is 0 Å². The van der Waals surface area contributed by atoms with Crippen LogP contribution in [0.4, 0.5) is 17.6 Å². The highest BCUT2D eigenvalue weighted by molar-refractivity contribution is 5.94. The van der Waals surface area contributed by atoms with E-state index in [0.717, 1.165) is 18.9 Å². The van der Waals surface area contributed by atoms with E-state index in [-0.39, 0.29) is 11.1 Å². The number of amides is 1. The van der Waals surface area contributed by atoms with Crippen LogP contribution < -0.4 is 5.32 Å². The van der Waals surface area contributed by atoms with Crippen LogP contribution in [0.2, 0.25) is 0 Å². The number of nitrogens with zero attached hydrogens (tertiary/aromatic N) is 2. The normalized spacial score (nSPS) is 11.8. The van der Waals surface area contributed by atoms with Crippen LogP contribution in [0.1, 0.15) is 42.9 Å². The molecule has 9 heteroatoms. The fraction of sp³-hybridized carbons (Fsp3) is 0.438. The highest BCUT2D eigenvalue weighted by Crippen LogP contribution is 2.29. The van der Waals surface area contributed by atoms with Gasteiger partial charge in [-0.15, -0.1) is 0 Å². The quantitative estimate of drug-likeness (QED) is 0.790. The summed E-state index contributed by atoms with van der Waals surface area (Å²) >= 11 is 0. The highest BCUT2D eigenvalue weighted by Gasteiger charge is 2.38. The number of benzene rings is 1. The molecule has 0 spiro atoms. The Hall–Kier alpha value is -2.45. The summed E-state index contributed by atoms with van der Waals surface area (Å²) in [4.78, 5) is 15.2.